The van der Waals surface area contributed by atoms with Gasteiger partial charge < -0.3 is 10.2 Å². The summed E-state index contributed by atoms with van der Waals surface area (Å²) < 4.78 is 2.10. The Balaban J connectivity index is 1.56. The van der Waals surface area contributed by atoms with Crippen molar-refractivity contribution in [2.45, 2.75) is 12.8 Å². The molecule has 2 rings (SSSR count). The van der Waals surface area contributed by atoms with E-state index in [-0.39, 0.29) is 0 Å². The quantitative estimate of drug-likeness (QED) is 0.499. The van der Waals surface area contributed by atoms with Crippen LogP contribution in [0.15, 0.2) is 57.5 Å². The summed E-state index contributed by atoms with van der Waals surface area (Å²) in [5.74, 6) is 0. The number of halogens is 2. The Labute approximate surface area is 152 Å². The van der Waals surface area contributed by atoms with E-state index in [4.69, 9.17) is 4.84 Å². The standard InChI is InChI=1S/C17H18Br2N2O2/c18-15-5-1-13(2-6-15)9-11-20-17(22)23-21-12-10-14-3-7-16(19)8-4-14/h1-8,21H,9-12H2,(H,20,22). The Morgan fingerprint density at radius 3 is 1.83 bits per heavy atom. The van der Waals surface area contributed by atoms with Crippen molar-refractivity contribution in [1.82, 2.24) is 10.8 Å². The van der Waals surface area contributed by atoms with E-state index in [1.807, 2.05) is 48.5 Å². The van der Waals surface area contributed by atoms with Crippen molar-refractivity contribution in [2.75, 3.05) is 13.1 Å². The molecule has 0 saturated carbocycles. The summed E-state index contributed by atoms with van der Waals surface area (Å²) in [5, 5.41) is 2.71. The summed E-state index contributed by atoms with van der Waals surface area (Å²) in [6.07, 6.45) is 1.10. The van der Waals surface area contributed by atoms with Crippen LogP contribution in [0.3, 0.4) is 0 Å². The van der Waals surface area contributed by atoms with Crippen molar-refractivity contribution >= 4 is 38.0 Å². The summed E-state index contributed by atoms with van der Waals surface area (Å²) in [6, 6.07) is 16.1. The molecule has 0 heterocycles. The van der Waals surface area contributed by atoms with Crippen LogP contribution in [0.25, 0.3) is 0 Å². The molecule has 0 saturated heterocycles. The number of carbonyl (C=O) groups is 1. The molecule has 2 N–H and O–H groups in total. The fourth-order valence-electron chi connectivity index (χ4n) is 1.96. The van der Waals surface area contributed by atoms with E-state index in [2.05, 4.69) is 42.7 Å². The molecule has 0 bridgehead atoms. The number of hydrogen-bond donors (Lipinski definition) is 2. The number of rotatable bonds is 7. The molecule has 1 amide bonds. The second-order valence-electron chi connectivity index (χ2n) is 4.96. The lowest BCUT2D eigenvalue weighted by Crippen LogP contribution is -2.32. The van der Waals surface area contributed by atoms with E-state index in [9.17, 15) is 4.79 Å². The van der Waals surface area contributed by atoms with Crippen molar-refractivity contribution in [1.29, 1.82) is 0 Å². The summed E-state index contributed by atoms with van der Waals surface area (Å²) in [5.41, 5.74) is 5.02. The smallest absolute Gasteiger partial charge is 0.354 e. The molecule has 0 fully saturated rings. The first kappa shape index (κ1) is 18.0. The van der Waals surface area contributed by atoms with Crippen LogP contribution in [0, 0.1) is 0 Å². The maximum atomic E-state index is 11.5. The molecule has 0 atom stereocenters. The molecule has 0 unspecified atom stereocenters. The maximum Gasteiger partial charge on any atom is 0.426 e. The van der Waals surface area contributed by atoms with Crippen LogP contribution in [0.2, 0.25) is 0 Å². The van der Waals surface area contributed by atoms with E-state index in [0.29, 0.717) is 13.1 Å². The van der Waals surface area contributed by atoms with Crippen LogP contribution in [0.1, 0.15) is 11.1 Å². The van der Waals surface area contributed by atoms with E-state index in [1.54, 1.807) is 0 Å². The van der Waals surface area contributed by atoms with Gasteiger partial charge in [-0.1, -0.05) is 56.1 Å². The van der Waals surface area contributed by atoms with Gasteiger partial charge in [-0.15, -0.1) is 0 Å². The highest BCUT2D eigenvalue weighted by Gasteiger charge is 2.02. The normalized spacial score (nSPS) is 10.3. The highest BCUT2D eigenvalue weighted by atomic mass is 79.9. The van der Waals surface area contributed by atoms with Crippen molar-refractivity contribution in [2.24, 2.45) is 0 Å². The topological polar surface area (TPSA) is 50.4 Å². The van der Waals surface area contributed by atoms with E-state index >= 15 is 0 Å². The van der Waals surface area contributed by atoms with Gasteiger partial charge in [0.15, 0.2) is 0 Å². The minimum Gasteiger partial charge on any atom is -0.354 e. The molecule has 0 aliphatic heterocycles. The average molecular weight is 442 g/mol. The van der Waals surface area contributed by atoms with Crippen molar-refractivity contribution in [3.05, 3.63) is 68.6 Å². The van der Waals surface area contributed by atoms with Crippen LogP contribution in [-0.2, 0) is 17.7 Å². The van der Waals surface area contributed by atoms with Gasteiger partial charge in [0.25, 0.3) is 0 Å². The number of carbonyl (C=O) groups excluding carboxylic acids is 1. The summed E-state index contributed by atoms with van der Waals surface area (Å²) in [4.78, 5) is 16.5. The highest BCUT2D eigenvalue weighted by Crippen LogP contribution is 2.11. The number of nitrogens with one attached hydrogen (secondary N) is 2. The predicted octanol–water partition coefficient (Wildman–Crippen LogP) is 4.23. The van der Waals surface area contributed by atoms with Gasteiger partial charge in [-0.3, -0.25) is 0 Å². The predicted molar refractivity (Wildman–Crippen MR) is 98.2 cm³/mol. The second kappa shape index (κ2) is 9.70. The Morgan fingerprint density at radius 2 is 1.30 bits per heavy atom. The lowest BCUT2D eigenvalue weighted by molar-refractivity contribution is 0.0905. The summed E-state index contributed by atoms with van der Waals surface area (Å²) in [6.45, 7) is 1.11. The molecule has 0 aliphatic rings. The largest absolute Gasteiger partial charge is 0.426 e. The second-order valence-corrected chi connectivity index (χ2v) is 6.79. The van der Waals surface area contributed by atoms with Crippen LogP contribution < -0.4 is 10.8 Å². The van der Waals surface area contributed by atoms with E-state index in [1.165, 1.54) is 5.56 Å². The third-order valence-corrected chi connectivity index (χ3v) is 4.25. The van der Waals surface area contributed by atoms with Gasteiger partial charge in [0, 0.05) is 22.0 Å². The Morgan fingerprint density at radius 1 is 0.826 bits per heavy atom. The minimum atomic E-state index is -0.460. The van der Waals surface area contributed by atoms with Gasteiger partial charge in [-0.2, -0.15) is 5.48 Å². The Kier molecular flexibility index (Phi) is 7.58. The first-order valence-electron chi connectivity index (χ1n) is 7.30. The first-order chi connectivity index (χ1) is 11.1. The molecule has 0 aromatic heterocycles. The van der Waals surface area contributed by atoms with Gasteiger partial charge >= 0.3 is 6.09 Å². The average Bonchev–Trinajstić information content (AvgIpc) is 2.55. The number of amides is 1. The lowest BCUT2D eigenvalue weighted by Gasteiger charge is -2.08. The van der Waals surface area contributed by atoms with Crippen LogP contribution in [0.5, 0.6) is 0 Å². The molecule has 23 heavy (non-hydrogen) atoms. The minimum absolute atomic E-state index is 0.460. The molecular formula is C17H18Br2N2O2. The first-order valence-corrected chi connectivity index (χ1v) is 8.88. The molecule has 4 nitrogen and oxygen atoms in total. The molecule has 0 spiro atoms. The van der Waals surface area contributed by atoms with E-state index < -0.39 is 6.09 Å². The molecular weight excluding hydrogens is 424 g/mol. The Bertz CT molecular complexity index is 615. The SMILES string of the molecule is O=C(NCCc1ccc(Br)cc1)ONCCc1ccc(Br)cc1. The third-order valence-electron chi connectivity index (χ3n) is 3.19. The van der Waals surface area contributed by atoms with Gasteiger partial charge in [0.05, 0.1) is 0 Å². The molecule has 0 radical (unpaired) electrons. The zero-order valence-corrected chi connectivity index (χ0v) is 15.7. The third kappa shape index (κ3) is 7.16. The van der Waals surface area contributed by atoms with Crippen molar-refractivity contribution in [3.8, 4) is 0 Å². The van der Waals surface area contributed by atoms with Crippen LogP contribution >= 0.6 is 31.9 Å². The molecule has 6 heteroatoms. The molecule has 2 aromatic carbocycles. The number of hydroxylamine groups is 1. The maximum absolute atomic E-state index is 11.5. The van der Waals surface area contributed by atoms with Crippen molar-refractivity contribution < 1.29 is 9.63 Å². The van der Waals surface area contributed by atoms with Crippen molar-refractivity contribution in [3.63, 3.8) is 0 Å². The zero-order chi connectivity index (χ0) is 16.5. The fourth-order valence-corrected chi connectivity index (χ4v) is 2.49. The fraction of sp³-hybridized carbons (Fsp3) is 0.235. The molecule has 122 valence electrons. The van der Waals surface area contributed by atoms with Gasteiger partial charge in [0.2, 0.25) is 0 Å². The molecule has 0 aliphatic carbocycles. The number of hydrogen-bond acceptors (Lipinski definition) is 3. The van der Waals surface area contributed by atoms with Crippen LogP contribution in [0.4, 0.5) is 4.79 Å². The van der Waals surface area contributed by atoms with Gasteiger partial charge in [-0.05, 0) is 48.2 Å². The summed E-state index contributed by atoms with van der Waals surface area (Å²) in [7, 11) is 0. The lowest BCUT2D eigenvalue weighted by atomic mass is 10.1. The van der Waals surface area contributed by atoms with Gasteiger partial charge in [-0.25, -0.2) is 4.79 Å². The zero-order valence-electron chi connectivity index (χ0n) is 12.5. The van der Waals surface area contributed by atoms with Crippen LogP contribution in [-0.4, -0.2) is 19.2 Å². The van der Waals surface area contributed by atoms with Gasteiger partial charge in [0.1, 0.15) is 0 Å². The Hall–Kier alpha value is -1.37. The van der Waals surface area contributed by atoms with E-state index in [0.717, 1.165) is 27.4 Å². The highest BCUT2D eigenvalue weighted by molar-refractivity contribution is 9.10. The summed E-state index contributed by atoms with van der Waals surface area (Å²) >= 11 is 6.79. The monoisotopic (exact) mass is 440 g/mol. The number of benzene rings is 2. The molecule has 2 aromatic rings.